The van der Waals surface area contributed by atoms with Crippen molar-refractivity contribution >= 4 is 5.91 Å². The van der Waals surface area contributed by atoms with Gasteiger partial charge in [-0.2, -0.15) is 0 Å². The van der Waals surface area contributed by atoms with Crippen molar-refractivity contribution in [2.24, 2.45) is 0 Å². The number of ether oxygens (including phenoxy) is 1. The van der Waals surface area contributed by atoms with Crippen molar-refractivity contribution in [1.82, 2.24) is 10.2 Å². The van der Waals surface area contributed by atoms with Crippen molar-refractivity contribution in [3.8, 4) is 5.75 Å². The van der Waals surface area contributed by atoms with Gasteiger partial charge in [-0.05, 0) is 42.2 Å². The minimum Gasteiger partial charge on any atom is -0.497 e. The van der Waals surface area contributed by atoms with Gasteiger partial charge in [0.15, 0.2) is 0 Å². The van der Waals surface area contributed by atoms with E-state index >= 15 is 0 Å². The highest BCUT2D eigenvalue weighted by atomic mass is 16.5. The monoisotopic (exact) mass is 354 g/mol. The van der Waals surface area contributed by atoms with E-state index in [0.29, 0.717) is 13.1 Å². The zero-order valence-electron chi connectivity index (χ0n) is 15.3. The average Bonchev–Trinajstić information content (AvgIpc) is 2.66. The number of aliphatic hydroxyl groups is 1. The molecule has 0 fully saturated rings. The van der Waals surface area contributed by atoms with Crippen LogP contribution < -0.4 is 10.1 Å². The predicted molar refractivity (Wildman–Crippen MR) is 101 cm³/mol. The third-order valence-electron chi connectivity index (χ3n) is 4.73. The van der Waals surface area contributed by atoms with Crippen molar-refractivity contribution in [1.29, 1.82) is 0 Å². The molecule has 1 unspecified atom stereocenters. The molecule has 0 aliphatic carbocycles. The van der Waals surface area contributed by atoms with E-state index in [-0.39, 0.29) is 18.5 Å². The second kappa shape index (κ2) is 8.34. The van der Waals surface area contributed by atoms with E-state index < -0.39 is 6.10 Å². The summed E-state index contributed by atoms with van der Waals surface area (Å²) in [5.41, 5.74) is 3.47. The van der Waals surface area contributed by atoms with Crippen LogP contribution in [0.4, 0.5) is 0 Å². The normalized spacial score (nSPS) is 17.5. The summed E-state index contributed by atoms with van der Waals surface area (Å²) in [4.78, 5) is 14.8. The van der Waals surface area contributed by atoms with Gasteiger partial charge in [-0.25, -0.2) is 0 Å². The molecule has 0 saturated heterocycles. The van der Waals surface area contributed by atoms with Crippen LogP contribution >= 0.6 is 0 Å². The van der Waals surface area contributed by atoms with E-state index in [4.69, 9.17) is 4.74 Å². The smallest absolute Gasteiger partial charge is 0.237 e. The van der Waals surface area contributed by atoms with E-state index in [0.717, 1.165) is 23.3 Å². The van der Waals surface area contributed by atoms with Gasteiger partial charge in [-0.1, -0.05) is 36.4 Å². The number of methoxy groups -OCH3 is 1. The molecule has 2 aromatic rings. The molecule has 3 rings (SSSR count). The number of rotatable bonds is 6. The Kier molecular flexibility index (Phi) is 5.91. The van der Waals surface area contributed by atoms with Crippen molar-refractivity contribution in [2.45, 2.75) is 25.5 Å². The lowest BCUT2D eigenvalue weighted by molar-refractivity contribution is -0.132. The Morgan fingerprint density at radius 3 is 2.77 bits per heavy atom. The van der Waals surface area contributed by atoms with Crippen LogP contribution in [0.2, 0.25) is 0 Å². The van der Waals surface area contributed by atoms with Crippen molar-refractivity contribution < 1.29 is 14.6 Å². The Bertz CT molecular complexity index is 746. The Hall–Kier alpha value is -2.37. The molecule has 138 valence electrons. The number of hydrogen-bond acceptors (Lipinski definition) is 4. The molecule has 2 aromatic carbocycles. The molecule has 0 radical (unpaired) electrons. The molecule has 0 saturated carbocycles. The lowest BCUT2D eigenvalue weighted by atomic mass is 9.88. The number of carbonyl (C=O) groups is 1. The molecule has 26 heavy (non-hydrogen) atoms. The molecule has 1 aliphatic heterocycles. The summed E-state index contributed by atoms with van der Waals surface area (Å²) in [6.45, 7) is 2.99. The zero-order valence-corrected chi connectivity index (χ0v) is 15.3. The van der Waals surface area contributed by atoms with Crippen LogP contribution in [0.1, 0.15) is 29.7 Å². The molecule has 1 heterocycles. The second-order valence-electron chi connectivity index (χ2n) is 6.70. The summed E-state index contributed by atoms with van der Waals surface area (Å²) < 4.78 is 5.36. The van der Waals surface area contributed by atoms with Crippen LogP contribution in [0.3, 0.4) is 0 Å². The first-order chi connectivity index (χ1) is 12.6. The second-order valence-corrected chi connectivity index (χ2v) is 6.70. The third-order valence-corrected chi connectivity index (χ3v) is 4.73. The SMILES string of the molecule is COc1ccc2c(c1)CCN(C(=O)CNC[C@@H](C)O)C2c1ccccc1. The van der Waals surface area contributed by atoms with Gasteiger partial charge in [0.25, 0.3) is 0 Å². The van der Waals surface area contributed by atoms with Crippen LogP contribution in [-0.4, -0.2) is 48.8 Å². The molecule has 0 aromatic heterocycles. The minimum atomic E-state index is -0.470. The molecule has 0 bridgehead atoms. The summed E-state index contributed by atoms with van der Waals surface area (Å²) in [5.74, 6) is 0.884. The molecular weight excluding hydrogens is 328 g/mol. The van der Waals surface area contributed by atoms with Crippen LogP contribution in [0.5, 0.6) is 5.75 Å². The lowest BCUT2D eigenvalue weighted by Crippen LogP contribution is -2.45. The Balaban J connectivity index is 1.90. The first-order valence-corrected chi connectivity index (χ1v) is 9.00. The summed E-state index contributed by atoms with van der Waals surface area (Å²) in [6.07, 6.45) is 0.333. The van der Waals surface area contributed by atoms with Gasteiger partial charge in [-0.15, -0.1) is 0 Å². The van der Waals surface area contributed by atoms with Gasteiger partial charge in [0, 0.05) is 13.1 Å². The van der Waals surface area contributed by atoms with Crippen LogP contribution in [0.25, 0.3) is 0 Å². The highest BCUT2D eigenvalue weighted by Gasteiger charge is 2.31. The van der Waals surface area contributed by atoms with Gasteiger partial charge in [0.2, 0.25) is 5.91 Å². The van der Waals surface area contributed by atoms with Crippen LogP contribution in [-0.2, 0) is 11.2 Å². The van der Waals surface area contributed by atoms with Crippen LogP contribution in [0.15, 0.2) is 48.5 Å². The van der Waals surface area contributed by atoms with Gasteiger partial charge < -0.3 is 20.1 Å². The molecule has 1 amide bonds. The quantitative estimate of drug-likeness (QED) is 0.834. The standard InChI is InChI=1S/C21H26N2O3/c1-15(24)13-22-14-20(25)23-11-10-17-12-18(26-2)8-9-19(17)21(23)16-6-4-3-5-7-16/h3-9,12,15,21-22,24H,10-11,13-14H2,1-2H3/t15-,21?/m1/s1. The number of fused-ring (bicyclic) bond motifs is 1. The van der Waals surface area contributed by atoms with Gasteiger partial charge in [0.05, 0.1) is 25.8 Å². The van der Waals surface area contributed by atoms with E-state index in [1.807, 2.05) is 29.2 Å². The van der Waals surface area contributed by atoms with E-state index in [2.05, 4.69) is 29.6 Å². The fourth-order valence-electron chi connectivity index (χ4n) is 3.48. The number of amides is 1. The largest absolute Gasteiger partial charge is 0.497 e. The molecule has 1 aliphatic rings. The lowest BCUT2D eigenvalue weighted by Gasteiger charge is -2.38. The van der Waals surface area contributed by atoms with Crippen molar-refractivity contribution in [3.05, 3.63) is 65.2 Å². The maximum Gasteiger partial charge on any atom is 0.237 e. The first kappa shape index (κ1) is 18.4. The number of nitrogens with one attached hydrogen (secondary N) is 1. The molecular formula is C21H26N2O3. The average molecular weight is 354 g/mol. The predicted octanol–water partition coefficient (Wildman–Crippen LogP) is 2.14. The number of benzene rings is 2. The van der Waals surface area contributed by atoms with Gasteiger partial charge in [0.1, 0.15) is 5.75 Å². The van der Waals surface area contributed by atoms with Crippen molar-refractivity contribution in [2.75, 3.05) is 26.7 Å². The third kappa shape index (κ3) is 4.06. The van der Waals surface area contributed by atoms with E-state index in [9.17, 15) is 9.90 Å². The fraction of sp³-hybridized carbons (Fsp3) is 0.381. The Morgan fingerprint density at radius 2 is 2.08 bits per heavy atom. The maximum absolute atomic E-state index is 12.9. The number of hydrogen-bond donors (Lipinski definition) is 2. The summed E-state index contributed by atoms with van der Waals surface area (Å²) >= 11 is 0. The summed E-state index contributed by atoms with van der Waals surface area (Å²) in [6, 6.07) is 16.1. The number of aliphatic hydroxyl groups excluding tert-OH is 1. The Morgan fingerprint density at radius 1 is 1.31 bits per heavy atom. The molecule has 0 spiro atoms. The van der Waals surface area contributed by atoms with Crippen LogP contribution in [0, 0.1) is 0 Å². The number of carbonyl (C=O) groups excluding carboxylic acids is 1. The van der Waals surface area contributed by atoms with E-state index in [1.54, 1.807) is 14.0 Å². The Labute approximate surface area is 154 Å². The molecule has 5 heteroatoms. The molecule has 2 N–H and O–H groups in total. The summed E-state index contributed by atoms with van der Waals surface area (Å²) in [5, 5.41) is 12.4. The highest BCUT2D eigenvalue weighted by Crippen LogP contribution is 2.36. The first-order valence-electron chi connectivity index (χ1n) is 9.00. The van der Waals surface area contributed by atoms with Gasteiger partial charge in [-0.3, -0.25) is 4.79 Å². The molecule has 5 nitrogen and oxygen atoms in total. The number of nitrogens with zero attached hydrogens (tertiary/aromatic N) is 1. The topological polar surface area (TPSA) is 61.8 Å². The van der Waals surface area contributed by atoms with Gasteiger partial charge >= 0.3 is 0 Å². The highest BCUT2D eigenvalue weighted by molar-refractivity contribution is 5.79. The van der Waals surface area contributed by atoms with E-state index in [1.165, 1.54) is 5.56 Å². The maximum atomic E-state index is 12.9. The minimum absolute atomic E-state index is 0.0426. The molecule has 2 atom stereocenters. The zero-order chi connectivity index (χ0) is 18.5. The summed E-state index contributed by atoms with van der Waals surface area (Å²) in [7, 11) is 1.67. The van der Waals surface area contributed by atoms with Crippen molar-refractivity contribution in [3.63, 3.8) is 0 Å². The fourth-order valence-corrected chi connectivity index (χ4v) is 3.48.